The van der Waals surface area contributed by atoms with Gasteiger partial charge in [-0.15, -0.1) is 5.06 Å². The zero-order chi connectivity index (χ0) is 45.1. The maximum Gasteiger partial charge on any atom is 0.528 e. The standard InChI is InChI=1S/C52H59NO11/c1-52(2,3)63-51(54)64-53-30-46(61-33-37-28-44(55-4)40-18-11-13-20-42(40)49(37)57-6)48(36-22-24-39(25-23-36)60-27-15-26-59-32-35-16-9-8-10-17-35)47(31-53)62-34-38-29-45(56-5)41-19-12-14-21-43(41)50(38)58-7/h8-14,16-25,28-29,46-48H,15,26-27,30-34H2,1-7H3/t46-,47+,48?. The van der Waals surface area contributed by atoms with Gasteiger partial charge in [-0.2, -0.15) is 0 Å². The zero-order valence-electron chi connectivity index (χ0n) is 37.8. The molecule has 12 nitrogen and oxygen atoms in total. The molecule has 1 saturated heterocycles. The normalized spacial score (nSPS) is 16.6. The van der Waals surface area contributed by atoms with Gasteiger partial charge in [-0.05, 0) is 56.2 Å². The topological polar surface area (TPSA) is 113 Å². The lowest BCUT2D eigenvalue weighted by molar-refractivity contribution is -0.209. The van der Waals surface area contributed by atoms with Crippen LogP contribution in [0.1, 0.15) is 55.4 Å². The van der Waals surface area contributed by atoms with E-state index < -0.39 is 24.0 Å². The molecule has 0 saturated carbocycles. The molecular formula is C52H59NO11. The molecule has 1 heterocycles. The van der Waals surface area contributed by atoms with Crippen molar-refractivity contribution in [3.63, 3.8) is 0 Å². The molecule has 6 aromatic carbocycles. The minimum absolute atomic E-state index is 0.155. The van der Waals surface area contributed by atoms with E-state index in [2.05, 4.69) is 12.1 Å². The number of methoxy groups -OCH3 is 4. The van der Waals surface area contributed by atoms with Gasteiger partial charge in [-0.1, -0.05) is 91.0 Å². The van der Waals surface area contributed by atoms with E-state index in [0.717, 1.165) is 56.0 Å². The lowest BCUT2D eigenvalue weighted by Crippen LogP contribution is -2.53. The van der Waals surface area contributed by atoms with Crippen LogP contribution in [0.2, 0.25) is 0 Å². The third-order valence-corrected chi connectivity index (χ3v) is 11.1. The van der Waals surface area contributed by atoms with Gasteiger partial charge in [0.2, 0.25) is 0 Å². The second-order valence-corrected chi connectivity index (χ2v) is 16.6. The first-order valence-corrected chi connectivity index (χ1v) is 21.6. The van der Waals surface area contributed by atoms with Crippen molar-refractivity contribution in [2.75, 3.05) is 54.7 Å². The van der Waals surface area contributed by atoms with Crippen molar-refractivity contribution in [2.45, 2.75) is 70.7 Å². The molecule has 0 amide bonds. The summed E-state index contributed by atoms with van der Waals surface area (Å²) in [4.78, 5) is 19.1. The molecule has 64 heavy (non-hydrogen) atoms. The Kier molecular flexibility index (Phi) is 15.5. The number of hydroxylamine groups is 2. The molecule has 1 fully saturated rings. The Labute approximate surface area is 375 Å². The van der Waals surface area contributed by atoms with Crippen LogP contribution in [0.3, 0.4) is 0 Å². The first-order chi connectivity index (χ1) is 31.1. The lowest BCUT2D eigenvalue weighted by atomic mass is 9.85. The third kappa shape index (κ3) is 11.4. The number of hydrogen-bond donors (Lipinski definition) is 0. The predicted molar refractivity (Wildman–Crippen MR) is 246 cm³/mol. The fourth-order valence-electron chi connectivity index (χ4n) is 8.20. The summed E-state index contributed by atoms with van der Waals surface area (Å²) in [7, 11) is 6.60. The molecule has 3 atom stereocenters. The van der Waals surface area contributed by atoms with E-state index in [1.54, 1.807) is 54.3 Å². The minimum atomic E-state index is -0.822. The van der Waals surface area contributed by atoms with E-state index in [0.29, 0.717) is 42.8 Å². The predicted octanol–water partition coefficient (Wildman–Crippen LogP) is 10.4. The fourth-order valence-corrected chi connectivity index (χ4v) is 8.20. The summed E-state index contributed by atoms with van der Waals surface area (Å²) in [5.74, 6) is 3.15. The first kappa shape index (κ1) is 46.0. The quantitative estimate of drug-likeness (QED) is 0.0570. The molecular weight excluding hydrogens is 815 g/mol. The Bertz CT molecular complexity index is 2340. The summed E-state index contributed by atoms with van der Waals surface area (Å²) in [5.41, 5.74) is 2.92. The van der Waals surface area contributed by atoms with Crippen LogP contribution in [0.5, 0.6) is 28.7 Å². The van der Waals surface area contributed by atoms with Gasteiger partial charge in [0.1, 0.15) is 34.3 Å². The number of benzene rings is 6. The molecule has 338 valence electrons. The van der Waals surface area contributed by atoms with Gasteiger partial charge >= 0.3 is 6.16 Å². The number of hydrogen-bond acceptors (Lipinski definition) is 12. The third-order valence-electron chi connectivity index (χ3n) is 11.1. The maximum absolute atomic E-state index is 13.2. The summed E-state index contributed by atoms with van der Waals surface area (Å²) < 4.78 is 55.2. The molecule has 0 aliphatic carbocycles. The van der Waals surface area contributed by atoms with E-state index >= 15 is 0 Å². The van der Waals surface area contributed by atoms with Crippen LogP contribution in [0.15, 0.2) is 115 Å². The van der Waals surface area contributed by atoms with Crippen molar-refractivity contribution in [3.05, 3.63) is 138 Å². The number of fused-ring (bicyclic) bond motifs is 2. The number of carbonyl (C=O) groups is 1. The average Bonchev–Trinajstić information content (AvgIpc) is 3.30. The number of nitrogens with zero attached hydrogens (tertiary/aromatic N) is 1. The van der Waals surface area contributed by atoms with Crippen molar-refractivity contribution in [1.29, 1.82) is 0 Å². The summed E-state index contributed by atoms with van der Waals surface area (Å²) in [6.07, 6.45) is -1.21. The number of carbonyl (C=O) groups excluding carboxylic acids is 1. The Morgan fingerprint density at radius 2 is 1.12 bits per heavy atom. The number of rotatable bonds is 19. The number of ether oxygens (including phenoxy) is 9. The highest BCUT2D eigenvalue weighted by molar-refractivity contribution is 5.95. The fraction of sp³-hybridized carbons (Fsp3) is 0.365. The van der Waals surface area contributed by atoms with E-state index in [1.807, 2.05) is 103 Å². The van der Waals surface area contributed by atoms with E-state index in [1.165, 1.54) is 0 Å². The second-order valence-electron chi connectivity index (χ2n) is 16.6. The molecule has 0 aromatic heterocycles. The smallest absolute Gasteiger partial charge is 0.496 e. The molecule has 1 aliphatic rings. The Morgan fingerprint density at radius 1 is 0.609 bits per heavy atom. The lowest BCUT2D eigenvalue weighted by Gasteiger charge is -2.42. The molecule has 1 unspecified atom stereocenters. The second kappa shape index (κ2) is 21.6. The van der Waals surface area contributed by atoms with Gasteiger partial charge in [-0.25, -0.2) is 4.79 Å². The molecule has 0 radical (unpaired) electrons. The Balaban J connectivity index is 1.19. The van der Waals surface area contributed by atoms with Crippen LogP contribution in [0, 0.1) is 0 Å². The van der Waals surface area contributed by atoms with Crippen molar-refractivity contribution < 1.29 is 52.3 Å². The van der Waals surface area contributed by atoms with E-state index in [9.17, 15) is 4.79 Å². The van der Waals surface area contributed by atoms with Gasteiger partial charge in [0.05, 0.1) is 86.8 Å². The molecule has 1 aliphatic heterocycles. The Hall–Kier alpha value is -6.05. The van der Waals surface area contributed by atoms with Crippen LogP contribution in [0.4, 0.5) is 4.79 Å². The van der Waals surface area contributed by atoms with Crippen molar-refractivity contribution in [1.82, 2.24) is 5.06 Å². The van der Waals surface area contributed by atoms with Crippen LogP contribution < -0.4 is 23.7 Å². The van der Waals surface area contributed by atoms with Gasteiger partial charge in [0, 0.05) is 45.0 Å². The molecule has 0 spiro atoms. The highest BCUT2D eigenvalue weighted by Crippen LogP contribution is 2.41. The maximum atomic E-state index is 13.2. The van der Waals surface area contributed by atoms with E-state index in [-0.39, 0.29) is 32.2 Å². The van der Waals surface area contributed by atoms with Crippen molar-refractivity contribution in [3.8, 4) is 28.7 Å². The van der Waals surface area contributed by atoms with Gasteiger partial charge in [0.25, 0.3) is 0 Å². The summed E-state index contributed by atoms with van der Waals surface area (Å²) in [6.45, 7) is 7.76. The molecule has 6 aromatic rings. The van der Waals surface area contributed by atoms with E-state index in [4.69, 9.17) is 47.5 Å². The summed E-state index contributed by atoms with van der Waals surface area (Å²) in [6, 6.07) is 37.9. The van der Waals surface area contributed by atoms with Gasteiger partial charge in [0.15, 0.2) is 0 Å². The molecule has 0 bridgehead atoms. The van der Waals surface area contributed by atoms with Crippen molar-refractivity contribution in [2.24, 2.45) is 0 Å². The van der Waals surface area contributed by atoms with Crippen LogP contribution in [0.25, 0.3) is 21.5 Å². The molecule has 12 heteroatoms. The van der Waals surface area contributed by atoms with Gasteiger partial charge in [-0.3, -0.25) is 0 Å². The van der Waals surface area contributed by atoms with Crippen molar-refractivity contribution >= 4 is 27.7 Å². The SMILES string of the molecule is COc1cc(CO[C@H]2CN(OC(=O)OC(C)(C)C)C[C@@H](OCc3cc(OC)c4ccccc4c3OC)C2c2ccc(OCCCOCc3ccccc3)cc2)c(OC)c2ccccc12. The average molecular weight is 874 g/mol. The monoisotopic (exact) mass is 873 g/mol. The largest absolute Gasteiger partial charge is 0.528 e. The molecule has 0 N–H and O–H groups in total. The zero-order valence-corrected chi connectivity index (χ0v) is 37.8. The van der Waals surface area contributed by atoms with Gasteiger partial charge < -0.3 is 47.5 Å². The van der Waals surface area contributed by atoms with Crippen LogP contribution in [-0.4, -0.2) is 83.8 Å². The van der Waals surface area contributed by atoms with Crippen LogP contribution in [-0.2, 0) is 43.6 Å². The highest BCUT2D eigenvalue weighted by atomic mass is 16.8. The highest BCUT2D eigenvalue weighted by Gasteiger charge is 2.42. The Morgan fingerprint density at radius 3 is 1.62 bits per heavy atom. The molecule has 7 rings (SSSR count). The summed E-state index contributed by atoms with van der Waals surface area (Å²) >= 11 is 0. The first-order valence-electron chi connectivity index (χ1n) is 21.6. The number of piperidine rings is 1. The minimum Gasteiger partial charge on any atom is -0.496 e. The van der Waals surface area contributed by atoms with Crippen LogP contribution >= 0.6 is 0 Å². The summed E-state index contributed by atoms with van der Waals surface area (Å²) in [5, 5.41) is 5.21.